The zero-order valence-corrected chi connectivity index (χ0v) is 9.10. The summed E-state index contributed by atoms with van der Waals surface area (Å²) in [5.74, 6) is -1.08. The molecule has 0 radical (unpaired) electrons. The quantitative estimate of drug-likeness (QED) is 0.638. The molecule has 1 N–H and O–H groups in total. The second-order valence-electron chi connectivity index (χ2n) is 3.29. The number of rotatable bonds is 3. The lowest BCUT2D eigenvalue weighted by atomic mass is 10.2. The number of nitrogens with zero attached hydrogens (tertiary/aromatic N) is 1. The van der Waals surface area contributed by atoms with Gasteiger partial charge in [0.25, 0.3) is 0 Å². The van der Waals surface area contributed by atoms with Gasteiger partial charge in [-0.2, -0.15) is 0 Å². The van der Waals surface area contributed by atoms with E-state index < -0.39 is 18.7 Å². The number of benzene rings is 1. The molecule has 0 saturated heterocycles. The predicted molar refractivity (Wildman–Crippen MR) is 58.1 cm³/mol. The van der Waals surface area contributed by atoms with Crippen LogP contribution in [0.4, 0.5) is 0 Å². The van der Waals surface area contributed by atoms with Crippen LogP contribution in [-0.2, 0) is 14.3 Å². The van der Waals surface area contributed by atoms with Crippen LogP contribution in [0, 0.1) is 0 Å². The van der Waals surface area contributed by atoms with Gasteiger partial charge >= 0.3 is 11.9 Å². The lowest BCUT2D eigenvalue weighted by Gasteiger charge is -2.04. The number of esters is 2. The number of carbonyl (C=O) groups is 2. The Labute approximate surface area is 96.6 Å². The monoisotopic (exact) mass is 234 g/mol. The van der Waals surface area contributed by atoms with Crippen molar-refractivity contribution in [3.63, 3.8) is 0 Å². The Morgan fingerprint density at radius 1 is 1.35 bits per heavy atom. The first-order valence-electron chi connectivity index (χ1n) is 4.91. The van der Waals surface area contributed by atoms with Crippen LogP contribution in [0.3, 0.4) is 0 Å². The number of carbonyl (C=O) groups excluding carboxylic acids is 2. The average molecular weight is 234 g/mol. The Bertz CT molecular complexity index is 561. The van der Waals surface area contributed by atoms with Gasteiger partial charge in [-0.1, -0.05) is 6.07 Å². The summed E-state index contributed by atoms with van der Waals surface area (Å²) in [6, 6.07) is 5.10. The van der Waals surface area contributed by atoms with Gasteiger partial charge in [-0.05, 0) is 12.1 Å². The zero-order chi connectivity index (χ0) is 12.3. The third kappa shape index (κ3) is 2.41. The van der Waals surface area contributed by atoms with Gasteiger partial charge in [0, 0.05) is 6.92 Å². The molecule has 88 valence electrons. The van der Waals surface area contributed by atoms with Crippen LogP contribution in [0.2, 0.25) is 0 Å². The number of hydrogen-bond donors (Lipinski definition) is 1. The SMILES string of the molecule is CC(=O)OCOC(=O)c1cccc2[nH]cnc12. The highest BCUT2D eigenvalue weighted by Gasteiger charge is 2.13. The van der Waals surface area contributed by atoms with E-state index in [1.54, 1.807) is 18.2 Å². The van der Waals surface area contributed by atoms with Crippen molar-refractivity contribution in [2.45, 2.75) is 6.92 Å². The Balaban J connectivity index is 2.13. The molecule has 1 aromatic carbocycles. The molecule has 0 saturated carbocycles. The van der Waals surface area contributed by atoms with Gasteiger partial charge in [-0.15, -0.1) is 0 Å². The number of para-hydroxylation sites is 1. The molecule has 0 spiro atoms. The molecule has 1 aromatic heterocycles. The maximum atomic E-state index is 11.7. The normalized spacial score (nSPS) is 10.2. The first-order chi connectivity index (χ1) is 8.18. The lowest BCUT2D eigenvalue weighted by molar-refractivity contribution is -0.149. The molecule has 0 fully saturated rings. The molecule has 0 atom stereocenters. The third-order valence-electron chi connectivity index (χ3n) is 2.12. The predicted octanol–water partition coefficient (Wildman–Crippen LogP) is 1.24. The molecule has 1 heterocycles. The number of imidazole rings is 1. The van der Waals surface area contributed by atoms with E-state index >= 15 is 0 Å². The molecule has 0 aliphatic carbocycles. The van der Waals surface area contributed by atoms with Crippen LogP contribution in [0.1, 0.15) is 17.3 Å². The summed E-state index contributed by atoms with van der Waals surface area (Å²) >= 11 is 0. The summed E-state index contributed by atoms with van der Waals surface area (Å²) in [5, 5.41) is 0. The van der Waals surface area contributed by atoms with Crippen molar-refractivity contribution in [1.82, 2.24) is 9.97 Å². The fourth-order valence-corrected chi connectivity index (χ4v) is 1.37. The van der Waals surface area contributed by atoms with E-state index in [1.807, 2.05) is 0 Å². The highest BCUT2D eigenvalue weighted by molar-refractivity contribution is 6.01. The van der Waals surface area contributed by atoms with Crippen LogP contribution in [0.5, 0.6) is 0 Å². The summed E-state index contributed by atoms with van der Waals surface area (Å²) in [6.45, 7) is 0.844. The Morgan fingerprint density at radius 3 is 2.94 bits per heavy atom. The topological polar surface area (TPSA) is 81.3 Å². The van der Waals surface area contributed by atoms with Gasteiger partial charge < -0.3 is 14.5 Å². The Morgan fingerprint density at radius 2 is 2.18 bits per heavy atom. The molecule has 0 aliphatic heterocycles. The number of hydrogen-bond acceptors (Lipinski definition) is 5. The smallest absolute Gasteiger partial charge is 0.343 e. The first kappa shape index (κ1) is 11.1. The molecule has 0 aliphatic rings. The van der Waals surface area contributed by atoms with Gasteiger partial charge in [0.1, 0.15) is 5.52 Å². The second kappa shape index (κ2) is 4.65. The summed E-state index contributed by atoms with van der Waals surface area (Å²) < 4.78 is 9.30. The minimum atomic E-state index is -0.580. The summed E-state index contributed by atoms with van der Waals surface area (Å²) in [4.78, 5) is 29.1. The minimum Gasteiger partial charge on any atom is -0.428 e. The molecular formula is C11H10N2O4. The summed E-state index contributed by atoms with van der Waals surface area (Å²) in [6.07, 6.45) is 1.49. The lowest BCUT2D eigenvalue weighted by Crippen LogP contribution is -2.11. The van der Waals surface area contributed by atoms with Crippen molar-refractivity contribution in [3.05, 3.63) is 30.1 Å². The Hall–Kier alpha value is -2.37. The number of fused-ring (bicyclic) bond motifs is 1. The molecule has 0 amide bonds. The van der Waals surface area contributed by atoms with E-state index in [1.165, 1.54) is 13.3 Å². The maximum absolute atomic E-state index is 11.7. The van der Waals surface area contributed by atoms with Gasteiger partial charge in [0.05, 0.1) is 17.4 Å². The van der Waals surface area contributed by atoms with Gasteiger partial charge in [-0.25, -0.2) is 9.78 Å². The molecule has 2 aromatic rings. The van der Waals surface area contributed by atoms with Gasteiger partial charge in [0.15, 0.2) is 0 Å². The van der Waals surface area contributed by atoms with E-state index in [0.717, 1.165) is 5.52 Å². The van der Waals surface area contributed by atoms with E-state index in [0.29, 0.717) is 11.1 Å². The molecule has 17 heavy (non-hydrogen) atoms. The van der Waals surface area contributed by atoms with Crippen molar-refractivity contribution in [2.75, 3.05) is 6.79 Å². The minimum absolute atomic E-state index is 0.330. The molecule has 6 nitrogen and oxygen atoms in total. The summed E-state index contributed by atoms with van der Waals surface area (Å²) in [5.41, 5.74) is 1.60. The molecule has 0 unspecified atom stereocenters. The standard InChI is InChI=1S/C11H10N2O4/c1-7(14)16-6-17-11(15)8-3-2-4-9-10(8)13-5-12-9/h2-5H,6H2,1H3,(H,12,13). The third-order valence-corrected chi connectivity index (χ3v) is 2.12. The van der Waals surface area contributed by atoms with Crippen LogP contribution in [-0.4, -0.2) is 28.7 Å². The number of ether oxygens (including phenoxy) is 2. The first-order valence-corrected chi connectivity index (χ1v) is 4.91. The van der Waals surface area contributed by atoms with Gasteiger partial charge in [0.2, 0.25) is 6.79 Å². The van der Waals surface area contributed by atoms with Crippen LogP contribution in [0.25, 0.3) is 11.0 Å². The van der Waals surface area contributed by atoms with E-state index in [4.69, 9.17) is 4.74 Å². The fourth-order valence-electron chi connectivity index (χ4n) is 1.37. The van der Waals surface area contributed by atoms with Crippen molar-refractivity contribution < 1.29 is 19.1 Å². The number of aromatic amines is 1. The maximum Gasteiger partial charge on any atom is 0.343 e. The highest BCUT2D eigenvalue weighted by Crippen LogP contribution is 2.15. The van der Waals surface area contributed by atoms with E-state index in [9.17, 15) is 9.59 Å². The molecule has 2 rings (SSSR count). The largest absolute Gasteiger partial charge is 0.428 e. The van der Waals surface area contributed by atoms with Crippen molar-refractivity contribution in [2.24, 2.45) is 0 Å². The highest BCUT2D eigenvalue weighted by atomic mass is 16.7. The molecule has 6 heteroatoms. The van der Waals surface area contributed by atoms with Crippen LogP contribution in [0.15, 0.2) is 24.5 Å². The zero-order valence-electron chi connectivity index (χ0n) is 9.10. The van der Waals surface area contributed by atoms with E-state index in [-0.39, 0.29) is 0 Å². The molecular weight excluding hydrogens is 224 g/mol. The Kier molecular flexibility index (Phi) is 3.04. The fraction of sp³-hybridized carbons (Fsp3) is 0.182. The number of H-pyrrole nitrogens is 1. The van der Waals surface area contributed by atoms with Crippen LogP contribution < -0.4 is 0 Å². The van der Waals surface area contributed by atoms with Crippen molar-refractivity contribution in [3.8, 4) is 0 Å². The van der Waals surface area contributed by atoms with Gasteiger partial charge in [-0.3, -0.25) is 4.79 Å². The van der Waals surface area contributed by atoms with Crippen LogP contribution >= 0.6 is 0 Å². The summed E-state index contributed by atoms with van der Waals surface area (Å²) in [7, 11) is 0. The number of aromatic nitrogens is 2. The average Bonchev–Trinajstić information content (AvgIpc) is 2.75. The van der Waals surface area contributed by atoms with E-state index in [2.05, 4.69) is 14.7 Å². The second-order valence-corrected chi connectivity index (χ2v) is 3.29. The number of nitrogens with one attached hydrogen (secondary N) is 1. The van der Waals surface area contributed by atoms with Crippen molar-refractivity contribution >= 4 is 23.0 Å². The molecule has 0 bridgehead atoms. The van der Waals surface area contributed by atoms with Crippen molar-refractivity contribution in [1.29, 1.82) is 0 Å².